The molecule has 1 aliphatic heterocycles. The zero-order chi connectivity index (χ0) is 23.4. The van der Waals surface area contributed by atoms with Crippen LogP contribution in [0, 0.1) is 5.82 Å². The largest absolute Gasteiger partial charge is 0.478 e. The number of hydrogen-bond acceptors (Lipinski definition) is 6. The fraction of sp³-hybridized carbons (Fsp3) is 0.208. The second-order valence-corrected chi connectivity index (χ2v) is 8.18. The van der Waals surface area contributed by atoms with Gasteiger partial charge in [-0.05, 0) is 48.5 Å². The van der Waals surface area contributed by atoms with Crippen LogP contribution in [-0.2, 0) is 4.79 Å². The SMILES string of the molecule is CN1CCN(c2nc(Nc3ccc(F)c(Cl)c3)ncc2-c2cccc(/C=C/C(=O)O)c2)CC1. The summed E-state index contributed by atoms with van der Waals surface area (Å²) in [6, 6.07) is 11.9. The van der Waals surface area contributed by atoms with E-state index in [9.17, 15) is 9.18 Å². The first-order valence-corrected chi connectivity index (χ1v) is 10.8. The molecule has 1 fully saturated rings. The Morgan fingerprint density at radius 2 is 1.97 bits per heavy atom. The number of hydrogen-bond donors (Lipinski definition) is 2. The van der Waals surface area contributed by atoms with Crippen LogP contribution < -0.4 is 10.2 Å². The van der Waals surface area contributed by atoms with Crippen molar-refractivity contribution in [3.8, 4) is 11.1 Å². The van der Waals surface area contributed by atoms with Gasteiger partial charge >= 0.3 is 5.97 Å². The number of anilines is 3. The molecule has 3 aromatic rings. The summed E-state index contributed by atoms with van der Waals surface area (Å²) in [5.41, 5.74) is 3.07. The van der Waals surface area contributed by atoms with Crippen molar-refractivity contribution in [3.63, 3.8) is 0 Å². The molecule has 33 heavy (non-hydrogen) atoms. The van der Waals surface area contributed by atoms with Gasteiger partial charge in [-0.15, -0.1) is 0 Å². The maximum Gasteiger partial charge on any atom is 0.328 e. The highest BCUT2D eigenvalue weighted by Crippen LogP contribution is 2.32. The fourth-order valence-electron chi connectivity index (χ4n) is 3.58. The summed E-state index contributed by atoms with van der Waals surface area (Å²) >= 11 is 5.90. The van der Waals surface area contributed by atoms with Crippen molar-refractivity contribution >= 4 is 41.1 Å². The number of rotatable bonds is 6. The first-order valence-electron chi connectivity index (χ1n) is 10.4. The first kappa shape index (κ1) is 22.7. The Kier molecular flexibility index (Phi) is 6.86. The average molecular weight is 468 g/mol. The highest BCUT2D eigenvalue weighted by Gasteiger charge is 2.20. The molecule has 0 bridgehead atoms. The standard InChI is InChI=1S/C24H23ClFN5O2/c1-30-9-11-31(12-10-30)23-19(17-4-2-3-16(13-17)5-8-22(32)33)15-27-24(29-23)28-18-6-7-21(26)20(25)14-18/h2-8,13-15H,9-12H2,1H3,(H,32,33)(H,27,28,29)/b8-5+. The molecule has 0 aliphatic carbocycles. The van der Waals surface area contributed by atoms with Crippen molar-refractivity contribution in [1.29, 1.82) is 0 Å². The van der Waals surface area contributed by atoms with E-state index < -0.39 is 11.8 Å². The van der Waals surface area contributed by atoms with Gasteiger partial charge in [-0.3, -0.25) is 0 Å². The number of nitrogens with zero attached hydrogens (tertiary/aromatic N) is 4. The molecule has 170 valence electrons. The number of carboxylic acid groups (broad SMARTS) is 1. The van der Waals surface area contributed by atoms with E-state index in [-0.39, 0.29) is 5.02 Å². The molecule has 2 N–H and O–H groups in total. The molecule has 0 saturated carbocycles. The molecule has 4 rings (SSSR count). The van der Waals surface area contributed by atoms with Crippen LogP contribution in [0.2, 0.25) is 5.02 Å². The Balaban J connectivity index is 1.71. The summed E-state index contributed by atoms with van der Waals surface area (Å²) in [4.78, 5) is 24.6. The predicted octanol–water partition coefficient (Wildman–Crippen LogP) is 4.53. The van der Waals surface area contributed by atoms with Crippen LogP contribution in [-0.4, -0.2) is 59.2 Å². The van der Waals surface area contributed by atoms with Crippen LogP contribution in [0.1, 0.15) is 5.56 Å². The summed E-state index contributed by atoms with van der Waals surface area (Å²) in [5.74, 6) is -0.350. The molecule has 0 unspecified atom stereocenters. The zero-order valence-electron chi connectivity index (χ0n) is 18.0. The third-order valence-electron chi connectivity index (χ3n) is 5.36. The molecule has 0 radical (unpaired) electrons. The lowest BCUT2D eigenvalue weighted by atomic mass is 10.0. The number of piperazine rings is 1. The number of benzene rings is 2. The minimum Gasteiger partial charge on any atom is -0.478 e. The minimum absolute atomic E-state index is 0.0159. The summed E-state index contributed by atoms with van der Waals surface area (Å²) in [7, 11) is 2.09. The summed E-state index contributed by atoms with van der Waals surface area (Å²) in [6.45, 7) is 3.42. The van der Waals surface area contributed by atoms with Gasteiger partial charge in [0.1, 0.15) is 11.6 Å². The Bertz CT molecular complexity index is 1200. The molecule has 2 aromatic carbocycles. The number of carbonyl (C=O) groups is 1. The number of aromatic nitrogens is 2. The lowest BCUT2D eigenvalue weighted by Gasteiger charge is -2.34. The van der Waals surface area contributed by atoms with Gasteiger partial charge in [-0.25, -0.2) is 14.2 Å². The maximum atomic E-state index is 13.5. The number of likely N-dealkylation sites (N-methyl/N-ethyl adjacent to an activating group) is 1. The second kappa shape index (κ2) is 9.97. The molecule has 9 heteroatoms. The number of nitrogens with one attached hydrogen (secondary N) is 1. The second-order valence-electron chi connectivity index (χ2n) is 7.77. The van der Waals surface area contributed by atoms with E-state index in [4.69, 9.17) is 21.7 Å². The van der Waals surface area contributed by atoms with Crippen LogP contribution in [0.3, 0.4) is 0 Å². The normalized spacial score (nSPS) is 14.6. The third kappa shape index (κ3) is 5.66. The van der Waals surface area contributed by atoms with E-state index in [1.165, 1.54) is 12.1 Å². The van der Waals surface area contributed by atoms with Crippen LogP contribution in [0.15, 0.2) is 54.7 Å². The van der Waals surface area contributed by atoms with Crippen molar-refractivity contribution in [3.05, 3.63) is 71.1 Å². The maximum absolute atomic E-state index is 13.5. The van der Waals surface area contributed by atoms with Gasteiger partial charge in [0.2, 0.25) is 5.95 Å². The zero-order valence-corrected chi connectivity index (χ0v) is 18.8. The van der Waals surface area contributed by atoms with Crippen LogP contribution in [0.4, 0.5) is 21.8 Å². The topological polar surface area (TPSA) is 81.6 Å². The highest BCUT2D eigenvalue weighted by atomic mass is 35.5. The lowest BCUT2D eigenvalue weighted by molar-refractivity contribution is -0.131. The molecule has 0 atom stereocenters. The van der Waals surface area contributed by atoms with E-state index in [2.05, 4.69) is 27.1 Å². The minimum atomic E-state index is -1.00. The van der Waals surface area contributed by atoms with Crippen LogP contribution in [0.5, 0.6) is 0 Å². The Morgan fingerprint density at radius 3 is 2.70 bits per heavy atom. The van der Waals surface area contributed by atoms with E-state index in [1.807, 2.05) is 24.3 Å². The molecule has 1 saturated heterocycles. The average Bonchev–Trinajstić information content (AvgIpc) is 2.81. The monoisotopic (exact) mass is 467 g/mol. The Labute approximate surface area is 196 Å². The van der Waals surface area contributed by atoms with E-state index >= 15 is 0 Å². The van der Waals surface area contributed by atoms with Gasteiger partial charge in [0.05, 0.1) is 5.02 Å². The smallest absolute Gasteiger partial charge is 0.328 e. The number of carboxylic acids is 1. The molecule has 7 nitrogen and oxygen atoms in total. The van der Waals surface area contributed by atoms with Gasteiger partial charge in [0.25, 0.3) is 0 Å². The van der Waals surface area contributed by atoms with E-state index in [1.54, 1.807) is 18.3 Å². The van der Waals surface area contributed by atoms with Crippen molar-refractivity contribution < 1.29 is 14.3 Å². The molecular formula is C24H23ClFN5O2. The Hall–Kier alpha value is -3.49. The number of aliphatic carboxylic acids is 1. The van der Waals surface area contributed by atoms with Crippen molar-refractivity contribution in [2.45, 2.75) is 0 Å². The van der Waals surface area contributed by atoms with Crippen molar-refractivity contribution in [1.82, 2.24) is 14.9 Å². The van der Waals surface area contributed by atoms with Gasteiger partial charge in [-0.2, -0.15) is 4.98 Å². The van der Waals surface area contributed by atoms with Crippen molar-refractivity contribution in [2.75, 3.05) is 43.4 Å². The molecular weight excluding hydrogens is 445 g/mol. The first-order chi connectivity index (χ1) is 15.9. The summed E-state index contributed by atoms with van der Waals surface area (Å²) in [6.07, 6.45) is 4.41. The van der Waals surface area contributed by atoms with E-state index in [0.717, 1.165) is 54.8 Å². The van der Waals surface area contributed by atoms with Gasteiger partial charge < -0.3 is 20.2 Å². The molecule has 2 heterocycles. The number of halogens is 2. The fourth-order valence-corrected chi connectivity index (χ4v) is 3.76. The van der Waals surface area contributed by atoms with Crippen LogP contribution in [0.25, 0.3) is 17.2 Å². The van der Waals surface area contributed by atoms with Crippen molar-refractivity contribution in [2.24, 2.45) is 0 Å². The van der Waals surface area contributed by atoms with Gasteiger partial charge in [-0.1, -0.05) is 29.8 Å². The molecule has 1 aliphatic rings. The van der Waals surface area contributed by atoms with Gasteiger partial charge in [0.15, 0.2) is 0 Å². The predicted molar refractivity (Wildman–Crippen MR) is 129 cm³/mol. The third-order valence-corrected chi connectivity index (χ3v) is 5.65. The quantitative estimate of drug-likeness (QED) is 0.515. The summed E-state index contributed by atoms with van der Waals surface area (Å²) < 4.78 is 13.5. The lowest BCUT2D eigenvalue weighted by Crippen LogP contribution is -2.45. The Morgan fingerprint density at radius 1 is 1.18 bits per heavy atom. The highest BCUT2D eigenvalue weighted by molar-refractivity contribution is 6.31. The molecule has 1 aromatic heterocycles. The van der Waals surface area contributed by atoms with Gasteiger partial charge in [0, 0.05) is 49.7 Å². The van der Waals surface area contributed by atoms with Crippen LogP contribution >= 0.6 is 11.6 Å². The molecule has 0 amide bonds. The molecule has 0 spiro atoms. The summed E-state index contributed by atoms with van der Waals surface area (Å²) in [5, 5.41) is 12.0. The van der Waals surface area contributed by atoms with E-state index in [0.29, 0.717) is 11.6 Å².